The molecule has 0 aromatic heterocycles. The van der Waals surface area contributed by atoms with Gasteiger partial charge in [0, 0.05) is 30.3 Å². The first kappa shape index (κ1) is 29.7. The van der Waals surface area contributed by atoms with Gasteiger partial charge in [-0.25, -0.2) is 9.59 Å². The molecular weight excluding hydrogens is 527 g/mol. The normalized spacial score (nSPS) is 18.2. The number of rotatable bonds is 10. The van der Waals surface area contributed by atoms with Crippen molar-refractivity contribution in [1.82, 2.24) is 0 Å². The number of carbonyl (C=O) groups is 2. The van der Waals surface area contributed by atoms with Gasteiger partial charge in [-0.1, -0.05) is 12.1 Å². The van der Waals surface area contributed by atoms with E-state index in [1.54, 1.807) is 0 Å². The fourth-order valence-corrected chi connectivity index (χ4v) is 4.57. The molecule has 39 heavy (non-hydrogen) atoms. The molecule has 212 valence electrons. The fourth-order valence-electron chi connectivity index (χ4n) is 4.57. The van der Waals surface area contributed by atoms with Crippen LogP contribution in [0, 0.1) is 11.8 Å². The summed E-state index contributed by atoms with van der Waals surface area (Å²) in [6.07, 6.45) is -6.21. The summed E-state index contributed by atoms with van der Waals surface area (Å²) in [5.41, 5.74) is 12.5. The third-order valence-corrected chi connectivity index (χ3v) is 6.52. The van der Waals surface area contributed by atoms with Crippen LogP contribution in [0.5, 0.6) is 5.75 Å². The second kappa shape index (κ2) is 12.4. The average Bonchev–Trinajstić information content (AvgIpc) is 2.83. The van der Waals surface area contributed by atoms with Gasteiger partial charge in [0.15, 0.2) is 0 Å². The van der Waals surface area contributed by atoms with E-state index in [0.29, 0.717) is 5.56 Å². The van der Waals surface area contributed by atoms with Gasteiger partial charge in [0.25, 0.3) is 0 Å². The highest BCUT2D eigenvalue weighted by molar-refractivity contribution is 5.92. The van der Waals surface area contributed by atoms with Crippen molar-refractivity contribution in [3.8, 4) is 5.75 Å². The average molecular weight is 557 g/mol. The van der Waals surface area contributed by atoms with Crippen molar-refractivity contribution >= 4 is 29.4 Å². The molecule has 0 atom stereocenters. The number of anilines is 2. The summed E-state index contributed by atoms with van der Waals surface area (Å²) in [4.78, 5) is 23.4. The molecule has 1 fully saturated rings. The molecule has 0 aliphatic heterocycles. The number of carboxylic acid groups (broad SMARTS) is 1. The maximum atomic E-state index is 14.6. The van der Waals surface area contributed by atoms with E-state index in [-0.39, 0.29) is 67.0 Å². The van der Waals surface area contributed by atoms with Crippen LogP contribution >= 0.6 is 0 Å². The minimum Gasteiger partial charge on any atom is -0.478 e. The predicted octanol–water partition coefficient (Wildman–Crippen LogP) is 6.08. The molecule has 2 aromatic carbocycles. The standard InChI is InChI=1S/C27H29F5N2O5/c28-26(29,30)15-17-1-6-18(7-2-17)27(31,32)39-20-8-3-16(4-9-20)5-10-24(35)38-12-11-21-22(25(36)37)13-19(33)14-23(21)34/h3-5,8-10,13-14,17-18H,1-2,6-7,11-12,15,33-34H2,(H,36,37). The Morgan fingerprint density at radius 1 is 1.00 bits per heavy atom. The zero-order chi connectivity index (χ0) is 28.8. The number of nitrogens with two attached hydrogens (primary N) is 2. The second-order valence-electron chi connectivity index (χ2n) is 9.46. The van der Waals surface area contributed by atoms with Crippen LogP contribution in [0.4, 0.5) is 33.3 Å². The first-order valence-corrected chi connectivity index (χ1v) is 12.2. The van der Waals surface area contributed by atoms with Crippen molar-refractivity contribution in [2.45, 2.75) is 50.8 Å². The van der Waals surface area contributed by atoms with Gasteiger partial charge in [-0.2, -0.15) is 22.0 Å². The first-order valence-electron chi connectivity index (χ1n) is 12.2. The van der Waals surface area contributed by atoms with Crippen molar-refractivity contribution in [2.75, 3.05) is 18.1 Å². The highest BCUT2D eigenvalue weighted by Gasteiger charge is 2.45. The Morgan fingerprint density at radius 2 is 1.64 bits per heavy atom. The van der Waals surface area contributed by atoms with Crippen molar-refractivity contribution < 1.29 is 46.1 Å². The van der Waals surface area contributed by atoms with Gasteiger partial charge in [-0.15, -0.1) is 0 Å². The largest absolute Gasteiger partial charge is 0.478 e. The molecule has 1 aliphatic rings. The molecule has 12 heteroatoms. The zero-order valence-electron chi connectivity index (χ0n) is 20.8. The van der Waals surface area contributed by atoms with E-state index >= 15 is 0 Å². The maximum Gasteiger partial charge on any atom is 0.400 e. The van der Waals surface area contributed by atoms with Crippen LogP contribution in [0.15, 0.2) is 42.5 Å². The molecule has 1 aliphatic carbocycles. The van der Waals surface area contributed by atoms with E-state index in [0.717, 1.165) is 6.08 Å². The monoisotopic (exact) mass is 556 g/mol. The first-order chi connectivity index (χ1) is 18.2. The summed E-state index contributed by atoms with van der Waals surface area (Å²) >= 11 is 0. The Kier molecular flexibility index (Phi) is 9.41. The van der Waals surface area contributed by atoms with Gasteiger partial charge in [0.05, 0.1) is 18.1 Å². The number of alkyl halides is 5. The molecule has 0 heterocycles. The minimum atomic E-state index is -4.30. The van der Waals surface area contributed by atoms with E-state index in [1.807, 2.05) is 0 Å². The number of halogens is 5. The number of ether oxygens (including phenoxy) is 2. The molecule has 0 bridgehead atoms. The van der Waals surface area contributed by atoms with Crippen molar-refractivity contribution in [1.29, 1.82) is 0 Å². The van der Waals surface area contributed by atoms with Crippen molar-refractivity contribution in [2.24, 2.45) is 11.8 Å². The summed E-state index contributed by atoms with van der Waals surface area (Å²) in [6.45, 7) is -0.141. The van der Waals surface area contributed by atoms with Crippen LogP contribution in [-0.4, -0.2) is 35.9 Å². The van der Waals surface area contributed by atoms with Crippen LogP contribution in [0.2, 0.25) is 0 Å². The van der Waals surface area contributed by atoms with Gasteiger partial charge in [0.1, 0.15) is 5.75 Å². The number of benzene rings is 2. The Bertz CT molecular complexity index is 1190. The number of carboxylic acids is 1. The lowest BCUT2D eigenvalue weighted by Gasteiger charge is -2.33. The Hall–Kier alpha value is -3.83. The SMILES string of the molecule is Nc1cc(N)c(CCOC(=O)C=Cc2ccc(OC(F)(F)C3CCC(CC(F)(F)F)CC3)cc2)c(C(=O)O)c1. The third-order valence-electron chi connectivity index (χ3n) is 6.52. The lowest BCUT2D eigenvalue weighted by atomic mass is 9.80. The number of aromatic carboxylic acids is 1. The van der Waals surface area contributed by atoms with Crippen LogP contribution in [-0.2, 0) is 16.0 Å². The van der Waals surface area contributed by atoms with Gasteiger partial charge >= 0.3 is 24.2 Å². The Labute approximate surface area is 221 Å². The topological polar surface area (TPSA) is 125 Å². The molecule has 0 spiro atoms. The second-order valence-corrected chi connectivity index (χ2v) is 9.46. The van der Waals surface area contributed by atoms with E-state index in [1.165, 1.54) is 42.5 Å². The highest BCUT2D eigenvalue weighted by Crippen LogP contribution is 2.42. The number of hydrogen-bond acceptors (Lipinski definition) is 6. The minimum absolute atomic E-state index is 0.0531. The number of esters is 1. The Morgan fingerprint density at radius 3 is 2.23 bits per heavy atom. The van der Waals surface area contributed by atoms with E-state index in [2.05, 4.69) is 0 Å². The molecular formula is C27H29F5N2O5. The molecule has 0 unspecified atom stereocenters. The number of hydrogen-bond donors (Lipinski definition) is 3. The van der Waals surface area contributed by atoms with Crippen LogP contribution in [0.25, 0.3) is 6.08 Å². The lowest BCUT2D eigenvalue weighted by molar-refractivity contribution is -0.225. The van der Waals surface area contributed by atoms with Crippen molar-refractivity contribution in [3.05, 3.63) is 59.2 Å². The van der Waals surface area contributed by atoms with Gasteiger partial charge in [-0.3, -0.25) is 0 Å². The molecule has 7 nitrogen and oxygen atoms in total. The summed E-state index contributed by atoms with van der Waals surface area (Å²) < 4.78 is 76.8. The summed E-state index contributed by atoms with van der Waals surface area (Å²) in [5, 5.41) is 9.31. The predicted molar refractivity (Wildman–Crippen MR) is 134 cm³/mol. The van der Waals surface area contributed by atoms with E-state index in [4.69, 9.17) is 20.9 Å². The molecule has 0 radical (unpaired) electrons. The summed E-state index contributed by atoms with van der Waals surface area (Å²) in [7, 11) is 0. The van der Waals surface area contributed by atoms with Crippen molar-refractivity contribution in [3.63, 3.8) is 0 Å². The number of nitrogen functional groups attached to an aromatic ring is 2. The van der Waals surface area contributed by atoms with Gasteiger partial charge in [0.2, 0.25) is 0 Å². The molecule has 2 aromatic rings. The third kappa shape index (κ3) is 8.86. The lowest BCUT2D eigenvalue weighted by Crippen LogP contribution is -2.37. The van der Waals surface area contributed by atoms with E-state index < -0.39 is 42.5 Å². The Balaban J connectivity index is 1.48. The van der Waals surface area contributed by atoms with E-state index in [9.17, 15) is 36.6 Å². The van der Waals surface area contributed by atoms with Gasteiger partial charge in [-0.05, 0) is 73.1 Å². The quantitative estimate of drug-likeness (QED) is 0.140. The number of carbonyl (C=O) groups excluding carboxylic acids is 1. The maximum absolute atomic E-state index is 14.6. The molecule has 3 rings (SSSR count). The van der Waals surface area contributed by atoms with Crippen LogP contribution in [0.1, 0.15) is 53.6 Å². The molecule has 1 saturated carbocycles. The van der Waals surface area contributed by atoms with Crippen LogP contribution < -0.4 is 16.2 Å². The molecule has 5 N–H and O–H groups in total. The zero-order valence-corrected chi connectivity index (χ0v) is 20.8. The highest BCUT2D eigenvalue weighted by atomic mass is 19.4. The summed E-state index contributed by atoms with van der Waals surface area (Å²) in [5.74, 6) is -3.87. The molecule has 0 amide bonds. The molecule has 0 saturated heterocycles. The fraction of sp³-hybridized carbons (Fsp3) is 0.407. The summed E-state index contributed by atoms with van der Waals surface area (Å²) in [6, 6.07) is 8.17. The van der Waals surface area contributed by atoms with Crippen LogP contribution in [0.3, 0.4) is 0 Å². The van der Waals surface area contributed by atoms with Gasteiger partial charge < -0.3 is 26.0 Å². The smallest absolute Gasteiger partial charge is 0.400 e.